The summed E-state index contributed by atoms with van der Waals surface area (Å²) in [6.45, 7) is 3.93. The summed E-state index contributed by atoms with van der Waals surface area (Å²) >= 11 is 0. The van der Waals surface area contributed by atoms with Crippen LogP contribution < -0.4 is 0 Å². The summed E-state index contributed by atoms with van der Waals surface area (Å²) in [5.41, 5.74) is 0.667. The predicted molar refractivity (Wildman–Crippen MR) is 65.4 cm³/mol. The van der Waals surface area contributed by atoms with Crippen molar-refractivity contribution in [2.75, 3.05) is 28.4 Å². The van der Waals surface area contributed by atoms with Gasteiger partial charge in [-0.25, -0.2) is 0 Å². The lowest BCUT2D eigenvalue weighted by molar-refractivity contribution is -0.141. The second-order valence-corrected chi connectivity index (χ2v) is 3.71. The van der Waals surface area contributed by atoms with E-state index in [2.05, 4.69) is 11.3 Å². The van der Waals surface area contributed by atoms with Crippen molar-refractivity contribution in [1.29, 1.82) is 0 Å². The van der Waals surface area contributed by atoms with Crippen molar-refractivity contribution in [3.8, 4) is 0 Å². The highest BCUT2D eigenvalue weighted by Crippen LogP contribution is 2.35. The minimum Gasteiger partial charge on any atom is -0.493 e. The average molecular weight is 254 g/mol. The van der Waals surface area contributed by atoms with Crippen LogP contribution >= 0.6 is 0 Å². The Morgan fingerprint density at radius 1 is 1.17 bits per heavy atom. The number of carbonyl (C=O) groups is 1. The molecule has 0 radical (unpaired) electrons. The van der Waals surface area contributed by atoms with E-state index in [1.54, 1.807) is 6.08 Å². The SMILES string of the molecule is C=C1C(OC)=C(OC)C(OC)=CC1CC(=O)OC. The van der Waals surface area contributed by atoms with Crippen LogP contribution in [0.15, 0.2) is 35.5 Å². The highest BCUT2D eigenvalue weighted by molar-refractivity contribution is 5.71. The largest absolute Gasteiger partial charge is 0.493 e. The summed E-state index contributed by atoms with van der Waals surface area (Å²) in [6, 6.07) is 0. The lowest BCUT2D eigenvalue weighted by atomic mass is 9.89. The Bertz CT molecular complexity index is 406. The molecule has 1 aliphatic rings. The van der Waals surface area contributed by atoms with Crippen molar-refractivity contribution in [3.63, 3.8) is 0 Å². The van der Waals surface area contributed by atoms with Crippen molar-refractivity contribution in [2.24, 2.45) is 5.92 Å². The van der Waals surface area contributed by atoms with E-state index in [1.807, 2.05) is 0 Å². The molecule has 0 amide bonds. The molecule has 1 unspecified atom stereocenters. The van der Waals surface area contributed by atoms with E-state index >= 15 is 0 Å². The number of allylic oxidation sites excluding steroid dienone is 2. The zero-order chi connectivity index (χ0) is 13.7. The fourth-order valence-corrected chi connectivity index (χ4v) is 1.81. The molecule has 0 spiro atoms. The fraction of sp³-hybridized carbons (Fsp3) is 0.462. The molecule has 0 aromatic heterocycles. The number of ether oxygens (including phenoxy) is 4. The van der Waals surface area contributed by atoms with Crippen molar-refractivity contribution >= 4 is 5.97 Å². The zero-order valence-electron chi connectivity index (χ0n) is 11.1. The van der Waals surface area contributed by atoms with Gasteiger partial charge in [-0.3, -0.25) is 4.79 Å². The van der Waals surface area contributed by atoms with Crippen molar-refractivity contribution < 1.29 is 23.7 Å². The molecule has 0 aliphatic heterocycles. The molecule has 0 saturated carbocycles. The third kappa shape index (κ3) is 2.67. The van der Waals surface area contributed by atoms with Crippen molar-refractivity contribution in [1.82, 2.24) is 0 Å². The second-order valence-electron chi connectivity index (χ2n) is 3.71. The fourth-order valence-electron chi connectivity index (χ4n) is 1.81. The Morgan fingerprint density at radius 3 is 2.22 bits per heavy atom. The summed E-state index contributed by atoms with van der Waals surface area (Å²) in [4.78, 5) is 11.3. The van der Waals surface area contributed by atoms with Gasteiger partial charge in [-0.1, -0.05) is 6.58 Å². The van der Waals surface area contributed by atoms with E-state index in [0.29, 0.717) is 22.9 Å². The number of methoxy groups -OCH3 is 4. The summed E-state index contributed by atoms with van der Waals surface area (Å²) in [6.07, 6.45) is 1.96. The van der Waals surface area contributed by atoms with Gasteiger partial charge in [0, 0.05) is 5.92 Å². The Morgan fingerprint density at radius 2 is 1.78 bits per heavy atom. The summed E-state index contributed by atoms with van der Waals surface area (Å²) in [7, 11) is 5.92. The molecule has 5 nitrogen and oxygen atoms in total. The molecule has 1 atom stereocenters. The molecule has 0 aromatic rings. The van der Waals surface area contributed by atoms with Crippen LogP contribution in [0.4, 0.5) is 0 Å². The average Bonchev–Trinajstić information content (AvgIpc) is 2.39. The standard InChI is InChI=1S/C13H18O5/c1-8-9(7-11(14)16-3)6-10(15-2)13(18-5)12(8)17-4/h6,9H,1,7H2,2-5H3. The van der Waals surface area contributed by atoms with Gasteiger partial charge >= 0.3 is 5.97 Å². The van der Waals surface area contributed by atoms with Gasteiger partial charge in [0.05, 0.1) is 34.9 Å². The minimum absolute atomic E-state index is 0.187. The topological polar surface area (TPSA) is 54.0 Å². The summed E-state index contributed by atoms with van der Waals surface area (Å²) in [5, 5.41) is 0. The lowest BCUT2D eigenvalue weighted by Crippen LogP contribution is -2.19. The van der Waals surface area contributed by atoms with Gasteiger partial charge < -0.3 is 18.9 Å². The van der Waals surface area contributed by atoms with Gasteiger partial charge in [0.2, 0.25) is 5.76 Å². The van der Waals surface area contributed by atoms with E-state index in [1.165, 1.54) is 28.4 Å². The quantitative estimate of drug-likeness (QED) is 0.700. The first-order valence-electron chi connectivity index (χ1n) is 5.43. The van der Waals surface area contributed by atoms with E-state index in [9.17, 15) is 4.79 Å². The predicted octanol–water partition coefficient (Wildman–Crippen LogP) is 1.77. The van der Waals surface area contributed by atoms with Crippen LogP contribution in [0.1, 0.15) is 6.42 Å². The van der Waals surface area contributed by atoms with Crippen LogP contribution in [0.2, 0.25) is 0 Å². The number of esters is 1. The maximum Gasteiger partial charge on any atom is 0.306 e. The van der Waals surface area contributed by atoms with E-state index in [4.69, 9.17) is 14.2 Å². The zero-order valence-corrected chi connectivity index (χ0v) is 11.1. The Balaban J connectivity index is 3.07. The second kappa shape index (κ2) is 6.14. The van der Waals surface area contributed by atoms with Crippen LogP contribution in [0, 0.1) is 5.92 Å². The number of rotatable bonds is 5. The molecular formula is C13H18O5. The number of hydrogen-bond acceptors (Lipinski definition) is 5. The van der Waals surface area contributed by atoms with Gasteiger partial charge in [0.25, 0.3) is 0 Å². The molecule has 0 fully saturated rings. The van der Waals surface area contributed by atoms with Gasteiger partial charge in [-0.05, 0) is 11.6 Å². The Hall–Kier alpha value is -1.91. The number of carbonyl (C=O) groups excluding carboxylic acids is 1. The highest BCUT2D eigenvalue weighted by atomic mass is 16.5. The summed E-state index contributed by atoms with van der Waals surface area (Å²) < 4.78 is 20.4. The monoisotopic (exact) mass is 254 g/mol. The molecule has 0 saturated heterocycles. The van der Waals surface area contributed by atoms with Crippen LogP contribution in [-0.2, 0) is 23.7 Å². The van der Waals surface area contributed by atoms with Crippen LogP contribution in [0.3, 0.4) is 0 Å². The van der Waals surface area contributed by atoms with Crippen LogP contribution in [0.25, 0.3) is 0 Å². The van der Waals surface area contributed by atoms with Crippen LogP contribution in [-0.4, -0.2) is 34.4 Å². The first-order valence-corrected chi connectivity index (χ1v) is 5.43. The van der Waals surface area contributed by atoms with Crippen molar-refractivity contribution in [3.05, 3.63) is 35.5 Å². The van der Waals surface area contributed by atoms with Gasteiger partial charge in [-0.2, -0.15) is 0 Å². The third-order valence-corrected chi connectivity index (χ3v) is 2.76. The molecule has 1 aliphatic carbocycles. The molecule has 0 N–H and O–H groups in total. The molecular weight excluding hydrogens is 236 g/mol. The normalized spacial score (nSPS) is 19.2. The molecule has 1 rings (SSSR count). The van der Waals surface area contributed by atoms with E-state index in [0.717, 1.165) is 0 Å². The molecule has 0 bridgehead atoms. The van der Waals surface area contributed by atoms with Gasteiger partial charge in [0.15, 0.2) is 11.5 Å². The van der Waals surface area contributed by atoms with Crippen molar-refractivity contribution in [2.45, 2.75) is 6.42 Å². The first-order chi connectivity index (χ1) is 8.58. The maximum absolute atomic E-state index is 11.3. The third-order valence-electron chi connectivity index (χ3n) is 2.76. The highest BCUT2D eigenvalue weighted by Gasteiger charge is 2.30. The molecule has 18 heavy (non-hydrogen) atoms. The van der Waals surface area contributed by atoms with Crippen LogP contribution in [0.5, 0.6) is 0 Å². The molecule has 0 aromatic carbocycles. The molecule has 100 valence electrons. The maximum atomic E-state index is 11.3. The minimum atomic E-state index is -0.316. The lowest BCUT2D eigenvalue weighted by Gasteiger charge is -2.25. The first kappa shape index (κ1) is 14.2. The van der Waals surface area contributed by atoms with Gasteiger partial charge in [-0.15, -0.1) is 0 Å². The smallest absolute Gasteiger partial charge is 0.306 e. The van der Waals surface area contributed by atoms with E-state index in [-0.39, 0.29) is 18.3 Å². The molecule has 5 heteroatoms. The Kier molecular flexibility index (Phi) is 4.83. The Labute approximate surface area is 107 Å². The summed E-state index contributed by atoms with van der Waals surface area (Å²) in [5.74, 6) is 0.956. The van der Waals surface area contributed by atoms with Gasteiger partial charge in [0.1, 0.15) is 0 Å². The molecule has 0 heterocycles. The number of hydrogen-bond donors (Lipinski definition) is 0. The van der Waals surface area contributed by atoms with E-state index < -0.39 is 0 Å².